The van der Waals surface area contributed by atoms with E-state index in [4.69, 9.17) is 4.74 Å². The van der Waals surface area contributed by atoms with Gasteiger partial charge in [-0.2, -0.15) is 0 Å². The van der Waals surface area contributed by atoms with Crippen LogP contribution < -0.4 is 5.32 Å². The number of rotatable bonds is 8. The highest BCUT2D eigenvalue weighted by Gasteiger charge is 2.17. The molecule has 0 aliphatic heterocycles. The Bertz CT molecular complexity index is 400. The molecule has 0 aliphatic rings. The molecule has 1 aromatic rings. The lowest BCUT2D eigenvalue weighted by Gasteiger charge is -2.15. The van der Waals surface area contributed by atoms with E-state index >= 15 is 0 Å². The largest absolute Gasteiger partial charge is 0.375 e. The van der Waals surface area contributed by atoms with Crippen molar-refractivity contribution in [2.24, 2.45) is 0 Å². The van der Waals surface area contributed by atoms with Gasteiger partial charge in [0.25, 0.3) is 0 Å². The van der Waals surface area contributed by atoms with E-state index in [9.17, 15) is 4.79 Å². The number of carbonyl (C=O) groups is 1. The topological polar surface area (TPSA) is 38.3 Å². The third-order valence-corrected chi connectivity index (χ3v) is 2.82. The first kappa shape index (κ1) is 15.4. The van der Waals surface area contributed by atoms with Crippen LogP contribution in [0.3, 0.4) is 0 Å². The molecule has 0 fully saturated rings. The standard InChI is InChI=1S/C16H23NO2/c1-4-15(14-8-6-5-7-9-14)16(18)17-10-11-19-12-13(2)3/h5-9,15H,2,4,10-12H2,1,3H3,(H,17,18). The molecule has 1 aromatic carbocycles. The third kappa shape index (κ3) is 5.71. The van der Waals surface area contributed by atoms with Gasteiger partial charge in [0, 0.05) is 6.54 Å². The Morgan fingerprint density at radius 3 is 2.63 bits per heavy atom. The molecule has 0 saturated heterocycles. The van der Waals surface area contributed by atoms with E-state index in [1.165, 1.54) is 0 Å². The number of hydrogen-bond donors (Lipinski definition) is 1. The van der Waals surface area contributed by atoms with E-state index in [0.717, 1.165) is 17.6 Å². The zero-order valence-electron chi connectivity index (χ0n) is 11.8. The van der Waals surface area contributed by atoms with Crippen molar-refractivity contribution in [2.45, 2.75) is 26.2 Å². The second-order valence-corrected chi connectivity index (χ2v) is 4.67. The van der Waals surface area contributed by atoms with Gasteiger partial charge in [-0.15, -0.1) is 0 Å². The summed E-state index contributed by atoms with van der Waals surface area (Å²) in [5, 5.41) is 2.91. The summed E-state index contributed by atoms with van der Waals surface area (Å²) in [6.07, 6.45) is 0.794. The normalized spacial score (nSPS) is 11.9. The molecule has 0 aromatic heterocycles. The molecule has 0 heterocycles. The second kappa shape index (κ2) is 8.48. The first-order valence-corrected chi connectivity index (χ1v) is 6.70. The molecule has 19 heavy (non-hydrogen) atoms. The monoisotopic (exact) mass is 261 g/mol. The van der Waals surface area contributed by atoms with Crippen molar-refractivity contribution in [3.63, 3.8) is 0 Å². The molecular formula is C16H23NO2. The van der Waals surface area contributed by atoms with Crippen LogP contribution in [-0.4, -0.2) is 25.7 Å². The average molecular weight is 261 g/mol. The first-order valence-electron chi connectivity index (χ1n) is 6.70. The highest BCUT2D eigenvalue weighted by Crippen LogP contribution is 2.18. The number of amides is 1. The molecule has 3 heteroatoms. The second-order valence-electron chi connectivity index (χ2n) is 4.67. The van der Waals surface area contributed by atoms with E-state index in [-0.39, 0.29) is 11.8 Å². The van der Waals surface area contributed by atoms with Gasteiger partial charge in [0.1, 0.15) is 0 Å². The molecule has 0 saturated carbocycles. The van der Waals surface area contributed by atoms with Crippen molar-refractivity contribution < 1.29 is 9.53 Å². The maximum Gasteiger partial charge on any atom is 0.227 e. The summed E-state index contributed by atoms with van der Waals surface area (Å²) in [5.41, 5.74) is 2.05. The van der Waals surface area contributed by atoms with Crippen LogP contribution in [-0.2, 0) is 9.53 Å². The zero-order valence-corrected chi connectivity index (χ0v) is 11.8. The first-order chi connectivity index (χ1) is 9.15. The summed E-state index contributed by atoms with van der Waals surface area (Å²) in [4.78, 5) is 12.1. The molecule has 1 rings (SSSR count). The van der Waals surface area contributed by atoms with Crippen molar-refractivity contribution in [1.82, 2.24) is 5.32 Å². The van der Waals surface area contributed by atoms with Gasteiger partial charge in [0.2, 0.25) is 5.91 Å². The van der Waals surface area contributed by atoms with Gasteiger partial charge in [0.05, 0.1) is 19.1 Å². The molecule has 0 aliphatic carbocycles. The van der Waals surface area contributed by atoms with Crippen LogP contribution in [0.25, 0.3) is 0 Å². The molecule has 1 N–H and O–H groups in total. The Hall–Kier alpha value is -1.61. The molecule has 0 radical (unpaired) electrons. The van der Waals surface area contributed by atoms with Gasteiger partial charge in [-0.3, -0.25) is 4.79 Å². The Morgan fingerprint density at radius 2 is 2.05 bits per heavy atom. The summed E-state index contributed by atoms with van der Waals surface area (Å²) in [6, 6.07) is 9.86. The third-order valence-electron chi connectivity index (χ3n) is 2.82. The maximum atomic E-state index is 12.1. The Kier molecular flexibility index (Phi) is 6.90. The van der Waals surface area contributed by atoms with Gasteiger partial charge in [-0.1, -0.05) is 49.4 Å². The van der Waals surface area contributed by atoms with Crippen molar-refractivity contribution in [1.29, 1.82) is 0 Å². The van der Waals surface area contributed by atoms with E-state index < -0.39 is 0 Å². The molecular weight excluding hydrogens is 238 g/mol. The Balaban J connectivity index is 2.37. The van der Waals surface area contributed by atoms with Crippen LogP contribution in [0.1, 0.15) is 31.7 Å². The Morgan fingerprint density at radius 1 is 1.37 bits per heavy atom. The number of hydrogen-bond acceptors (Lipinski definition) is 2. The predicted octanol–water partition coefficient (Wildman–Crippen LogP) is 2.89. The maximum absolute atomic E-state index is 12.1. The highest BCUT2D eigenvalue weighted by molar-refractivity contribution is 5.83. The van der Waals surface area contributed by atoms with Crippen LogP contribution in [0, 0.1) is 0 Å². The average Bonchev–Trinajstić information content (AvgIpc) is 2.40. The molecule has 3 nitrogen and oxygen atoms in total. The quantitative estimate of drug-likeness (QED) is 0.577. The molecule has 104 valence electrons. The van der Waals surface area contributed by atoms with Crippen LogP contribution in [0.15, 0.2) is 42.5 Å². The summed E-state index contributed by atoms with van der Waals surface area (Å²) >= 11 is 0. The van der Waals surface area contributed by atoms with Gasteiger partial charge in [-0.25, -0.2) is 0 Å². The van der Waals surface area contributed by atoms with E-state index in [2.05, 4.69) is 11.9 Å². The lowest BCUT2D eigenvalue weighted by atomic mass is 9.96. The summed E-state index contributed by atoms with van der Waals surface area (Å²) < 4.78 is 5.35. The smallest absolute Gasteiger partial charge is 0.227 e. The molecule has 0 spiro atoms. The number of ether oxygens (including phenoxy) is 1. The van der Waals surface area contributed by atoms with E-state index in [0.29, 0.717) is 19.8 Å². The van der Waals surface area contributed by atoms with Crippen LogP contribution in [0.2, 0.25) is 0 Å². The lowest BCUT2D eigenvalue weighted by Crippen LogP contribution is -2.32. The van der Waals surface area contributed by atoms with Crippen molar-refractivity contribution in [2.75, 3.05) is 19.8 Å². The Labute approximate surface area is 115 Å². The fraction of sp³-hybridized carbons (Fsp3) is 0.438. The van der Waals surface area contributed by atoms with E-state index in [1.54, 1.807) is 0 Å². The molecule has 1 atom stereocenters. The van der Waals surface area contributed by atoms with Gasteiger partial charge in [-0.05, 0) is 18.9 Å². The van der Waals surface area contributed by atoms with Crippen LogP contribution >= 0.6 is 0 Å². The van der Waals surface area contributed by atoms with Gasteiger partial charge >= 0.3 is 0 Å². The lowest BCUT2D eigenvalue weighted by molar-refractivity contribution is -0.122. The minimum atomic E-state index is -0.0812. The van der Waals surface area contributed by atoms with Crippen molar-refractivity contribution in [3.8, 4) is 0 Å². The fourth-order valence-electron chi connectivity index (χ4n) is 1.87. The fourth-order valence-corrected chi connectivity index (χ4v) is 1.87. The number of benzene rings is 1. The van der Waals surface area contributed by atoms with Crippen LogP contribution in [0.4, 0.5) is 0 Å². The van der Waals surface area contributed by atoms with Crippen LogP contribution in [0.5, 0.6) is 0 Å². The summed E-state index contributed by atoms with van der Waals surface area (Å²) in [7, 11) is 0. The molecule has 1 amide bonds. The molecule has 1 unspecified atom stereocenters. The van der Waals surface area contributed by atoms with Crippen molar-refractivity contribution >= 4 is 5.91 Å². The summed E-state index contributed by atoms with van der Waals surface area (Å²) in [6.45, 7) is 9.30. The van der Waals surface area contributed by atoms with Gasteiger partial charge in [0.15, 0.2) is 0 Å². The molecule has 0 bridgehead atoms. The number of nitrogens with one attached hydrogen (secondary N) is 1. The van der Waals surface area contributed by atoms with Crippen molar-refractivity contribution in [3.05, 3.63) is 48.0 Å². The van der Waals surface area contributed by atoms with Gasteiger partial charge < -0.3 is 10.1 Å². The summed E-state index contributed by atoms with van der Waals surface area (Å²) in [5.74, 6) is -0.0186. The zero-order chi connectivity index (χ0) is 14.1. The highest BCUT2D eigenvalue weighted by atomic mass is 16.5. The predicted molar refractivity (Wildman–Crippen MR) is 78.1 cm³/mol. The SMILES string of the molecule is C=C(C)COCCNC(=O)C(CC)c1ccccc1. The van der Waals surface area contributed by atoms with E-state index in [1.807, 2.05) is 44.2 Å². The minimum Gasteiger partial charge on any atom is -0.375 e. The number of carbonyl (C=O) groups excluding carboxylic acids is 1. The minimum absolute atomic E-state index is 0.0626.